The number of fused-ring (bicyclic) bond motifs is 1. The molecule has 44 heavy (non-hydrogen) atoms. The Morgan fingerprint density at radius 1 is 0.886 bits per heavy atom. The molecule has 10 heteroatoms. The topological polar surface area (TPSA) is 109 Å². The van der Waals surface area contributed by atoms with E-state index in [0.29, 0.717) is 50.3 Å². The van der Waals surface area contributed by atoms with Gasteiger partial charge in [-0.1, -0.05) is 42.5 Å². The molecule has 2 saturated heterocycles. The third-order valence-corrected chi connectivity index (χ3v) is 9.34. The number of amides is 4. The number of allylic oxidation sites excluding steroid dienone is 2. The molecule has 2 fully saturated rings. The lowest BCUT2D eigenvalue weighted by Gasteiger charge is -2.42. The first kappa shape index (κ1) is 29.6. The third kappa shape index (κ3) is 5.73. The average Bonchev–Trinajstić information content (AvgIpc) is 3.32. The van der Waals surface area contributed by atoms with Gasteiger partial charge in [-0.15, -0.1) is 0 Å². The quantitative estimate of drug-likeness (QED) is 0.340. The molecule has 1 unspecified atom stereocenters. The average molecular weight is 599 g/mol. The predicted molar refractivity (Wildman–Crippen MR) is 163 cm³/mol. The number of carbonyl (C=O) groups is 4. The highest BCUT2D eigenvalue weighted by Crippen LogP contribution is 2.38. The summed E-state index contributed by atoms with van der Waals surface area (Å²) in [5.41, 5.74) is 2.74. The minimum absolute atomic E-state index is 0.0195. The number of rotatable bonds is 8. The van der Waals surface area contributed by atoms with E-state index in [9.17, 15) is 19.2 Å². The van der Waals surface area contributed by atoms with E-state index in [1.807, 2.05) is 48.5 Å². The lowest BCUT2D eigenvalue weighted by molar-refractivity contribution is -0.148. The van der Waals surface area contributed by atoms with Crippen molar-refractivity contribution in [2.75, 3.05) is 33.9 Å². The summed E-state index contributed by atoms with van der Waals surface area (Å²) in [6.07, 6.45) is 7.31. The number of likely N-dealkylation sites (tertiary alicyclic amines) is 2. The second-order valence-corrected chi connectivity index (χ2v) is 11.9. The van der Waals surface area contributed by atoms with Gasteiger partial charge >= 0.3 is 0 Å². The Labute approximate surface area is 257 Å². The van der Waals surface area contributed by atoms with Crippen molar-refractivity contribution in [3.8, 4) is 11.5 Å². The summed E-state index contributed by atoms with van der Waals surface area (Å²) in [5.74, 6) is -0.242. The van der Waals surface area contributed by atoms with Crippen LogP contribution in [0.3, 0.4) is 0 Å². The van der Waals surface area contributed by atoms with E-state index in [2.05, 4.69) is 12.2 Å². The van der Waals surface area contributed by atoms with Crippen molar-refractivity contribution in [3.05, 3.63) is 71.8 Å². The van der Waals surface area contributed by atoms with Crippen molar-refractivity contribution in [2.24, 2.45) is 22.9 Å². The van der Waals surface area contributed by atoms with Gasteiger partial charge in [0.15, 0.2) is 11.5 Å². The van der Waals surface area contributed by atoms with Crippen LogP contribution in [0.4, 0.5) is 0 Å². The molecule has 0 N–H and O–H groups in total. The number of hydrogen-bond donors (Lipinski definition) is 0. The van der Waals surface area contributed by atoms with E-state index in [0.717, 1.165) is 28.2 Å². The van der Waals surface area contributed by atoms with Crippen LogP contribution in [0.15, 0.2) is 65.8 Å². The first-order valence-corrected chi connectivity index (χ1v) is 15.3. The Balaban J connectivity index is 1.12. The van der Waals surface area contributed by atoms with Gasteiger partial charge in [-0.05, 0) is 55.9 Å². The van der Waals surface area contributed by atoms with E-state index in [1.165, 1.54) is 0 Å². The Hall–Kier alpha value is -4.47. The lowest BCUT2D eigenvalue weighted by atomic mass is 9.76. The van der Waals surface area contributed by atoms with Crippen molar-refractivity contribution in [3.63, 3.8) is 0 Å². The zero-order chi connectivity index (χ0) is 30.8. The van der Waals surface area contributed by atoms with Crippen molar-refractivity contribution in [1.82, 2.24) is 14.8 Å². The number of hydrazone groups is 1. The SMILES string of the molecule is COc1ccc(C2=NN(C3CCN(C(=O)CN4C(=O)CC(Cc5ccccc5)C4=O)CC3)C(=O)[C@@H]3CC=CC[C@H]23)cc1OC. The van der Waals surface area contributed by atoms with Gasteiger partial charge in [0.1, 0.15) is 6.54 Å². The van der Waals surface area contributed by atoms with Crippen LogP contribution in [0.25, 0.3) is 0 Å². The van der Waals surface area contributed by atoms with E-state index >= 15 is 0 Å². The Morgan fingerprint density at radius 2 is 1.59 bits per heavy atom. The molecule has 230 valence electrons. The van der Waals surface area contributed by atoms with Gasteiger partial charge in [0.05, 0.1) is 37.8 Å². The van der Waals surface area contributed by atoms with Gasteiger partial charge in [-0.3, -0.25) is 24.1 Å². The fourth-order valence-electron chi connectivity index (χ4n) is 6.90. The molecular formula is C34H38N4O6. The van der Waals surface area contributed by atoms with Crippen molar-refractivity contribution < 1.29 is 28.7 Å². The molecule has 1 aliphatic carbocycles. The van der Waals surface area contributed by atoms with Crippen molar-refractivity contribution in [1.29, 1.82) is 0 Å². The van der Waals surface area contributed by atoms with Crippen LogP contribution >= 0.6 is 0 Å². The first-order valence-electron chi connectivity index (χ1n) is 15.3. The number of imide groups is 1. The highest BCUT2D eigenvalue weighted by molar-refractivity contribution is 6.07. The summed E-state index contributed by atoms with van der Waals surface area (Å²) in [6.45, 7) is 0.603. The summed E-state index contributed by atoms with van der Waals surface area (Å²) in [4.78, 5) is 55.5. The summed E-state index contributed by atoms with van der Waals surface area (Å²) >= 11 is 0. The number of hydrogen-bond acceptors (Lipinski definition) is 7. The van der Waals surface area contributed by atoms with Gasteiger partial charge in [-0.25, -0.2) is 5.01 Å². The minimum atomic E-state index is -0.440. The molecule has 0 radical (unpaired) electrons. The first-order chi connectivity index (χ1) is 21.4. The van der Waals surface area contributed by atoms with Crippen LogP contribution in [-0.4, -0.2) is 84.0 Å². The molecule has 2 aromatic carbocycles. The van der Waals surface area contributed by atoms with Gasteiger partial charge in [0, 0.05) is 31.0 Å². The largest absolute Gasteiger partial charge is 0.493 e. The standard InChI is InChI=1S/C34H38N4O6/c1-43-28-13-12-23(19-29(28)44-2)32-26-10-6-7-11-27(26)34(42)38(35-32)25-14-16-36(17-15-25)31(40)21-37-30(39)20-24(33(37)41)18-22-8-4-3-5-9-22/h3-9,12-13,19,24-27H,10-11,14-18,20-21H2,1-2H3/t24?,26-,27+/m0/s1. The fraction of sp³-hybridized carbons (Fsp3) is 0.441. The van der Waals surface area contributed by atoms with Gasteiger partial charge in [0.2, 0.25) is 23.6 Å². The monoisotopic (exact) mass is 598 g/mol. The van der Waals surface area contributed by atoms with Gasteiger partial charge < -0.3 is 14.4 Å². The summed E-state index contributed by atoms with van der Waals surface area (Å²) in [5, 5.41) is 6.61. The zero-order valence-electron chi connectivity index (χ0n) is 25.2. The van der Waals surface area contributed by atoms with Gasteiger partial charge in [0.25, 0.3) is 0 Å². The zero-order valence-corrected chi connectivity index (χ0v) is 25.2. The maximum absolute atomic E-state index is 13.7. The number of benzene rings is 2. The van der Waals surface area contributed by atoms with E-state index in [-0.39, 0.29) is 54.5 Å². The molecule has 0 spiro atoms. The lowest BCUT2D eigenvalue weighted by Crippen LogP contribution is -2.53. The normalized spacial score (nSPS) is 24.0. The number of methoxy groups -OCH3 is 2. The van der Waals surface area contributed by atoms with Crippen LogP contribution in [0.2, 0.25) is 0 Å². The third-order valence-electron chi connectivity index (χ3n) is 9.34. The van der Waals surface area contributed by atoms with Crippen LogP contribution in [-0.2, 0) is 25.6 Å². The highest BCUT2D eigenvalue weighted by atomic mass is 16.5. The number of ether oxygens (including phenoxy) is 2. The number of carbonyl (C=O) groups excluding carboxylic acids is 4. The molecule has 4 aliphatic rings. The molecule has 2 aromatic rings. The molecule has 4 amide bonds. The smallest absolute Gasteiger partial charge is 0.247 e. The van der Waals surface area contributed by atoms with Gasteiger partial charge in [-0.2, -0.15) is 5.10 Å². The summed E-state index contributed by atoms with van der Waals surface area (Å²) in [6, 6.07) is 15.2. The van der Waals surface area contributed by atoms with E-state index in [1.54, 1.807) is 24.1 Å². The second kappa shape index (κ2) is 12.6. The maximum atomic E-state index is 13.7. The van der Waals surface area contributed by atoms with E-state index < -0.39 is 5.92 Å². The summed E-state index contributed by atoms with van der Waals surface area (Å²) in [7, 11) is 3.19. The molecule has 0 saturated carbocycles. The molecule has 10 nitrogen and oxygen atoms in total. The molecule has 0 aromatic heterocycles. The molecule has 3 heterocycles. The Morgan fingerprint density at radius 3 is 2.30 bits per heavy atom. The minimum Gasteiger partial charge on any atom is -0.493 e. The Kier molecular flexibility index (Phi) is 8.50. The van der Waals surface area contributed by atoms with E-state index in [4.69, 9.17) is 14.6 Å². The summed E-state index contributed by atoms with van der Waals surface area (Å²) < 4.78 is 11.0. The molecule has 6 rings (SSSR count). The second-order valence-electron chi connectivity index (χ2n) is 11.9. The van der Waals surface area contributed by atoms with Crippen LogP contribution < -0.4 is 9.47 Å². The fourth-order valence-corrected chi connectivity index (χ4v) is 6.90. The van der Waals surface area contributed by atoms with Crippen LogP contribution in [0.5, 0.6) is 11.5 Å². The van der Waals surface area contributed by atoms with Crippen molar-refractivity contribution in [2.45, 2.75) is 44.6 Å². The highest BCUT2D eigenvalue weighted by Gasteiger charge is 2.44. The van der Waals surface area contributed by atoms with Crippen LogP contribution in [0.1, 0.15) is 43.2 Å². The van der Waals surface area contributed by atoms with Crippen molar-refractivity contribution >= 4 is 29.3 Å². The number of piperidine rings is 1. The molecule has 3 atom stereocenters. The molecule has 3 aliphatic heterocycles. The number of nitrogens with zero attached hydrogens (tertiary/aromatic N) is 4. The Bertz CT molecular complexity index is 1500. The molecular weight excluding hydrogens is 560 g/mol. The molecule has 0 bridgehead atoms. The van der Waals surface area contributed by atoms with Crippen LogP contribution in [0, 0.1) is 17.8 Å². The predicted octanol–water partition coefficient (Wildman–Crippen LogP) is 3.44. The maximum Gasteiger partial charge on any atom is 0.247 e.